The lowest BCUT2D eigenvalue weighted by molar-refractivity contribution is 0.0910. The van der Waals surface area contributed by atoms with Gasteiger partial charge < -0.3 is 15.5 Å². The summed E-state index contributed by atoms with van der Waals surface area (Å²) in [5, 5.41) is 2.88. The highest BCUT2D eigenvalue weighted by Gasteiger charge is 2.14. The van der Waals surface area contributed by atoms with Crippen LogP contribution >= 0.6 is 15.9 Å². The van der Waals surface area contributed by atoms with Crippen molar-refractivity contribution in [2.45, 2.75) is 19.5 Å². The van der Waals surface area contributed by atoms with Crippen LogP contribution in [0.15, 0.2) is 45.3 Å². The molecule has 0 unspecified atom stereocenters. The number of amides is 1. The number of carbonyl (C=O) groups is 1. The molecule has 5 heteroatoms. The summed E-state index contributed by atoms with van der Waals surface area (Å²) in [6, 6.07) is 11.1. The quantitative estimate of drug-likeness (QED) is 0.909. The molecule has 19 heavy (non-hydrogen) atoms. The predicted molar refractivity (Wildman–Crippen MR) is 76.6 cm³/mol. The Hall–Kier alpha value is -1.59. The number of carbonyl (C=O) groups excluding carboxylic acids is 1. The summed E-state index contributed by atoms with van der Waals surface area (Å²) >= 11 is 3.38. The molecule has 0 aliphatic rings. The summed E-state index contributed by atoms with van der Waals surface area (Å²) in [5.74, 6) is 0.640. The fourth-order valence-corrected chi connectivity index (χ4v) is 1.98. The van der Waals surface area contributed by atoms with Crippen molar-refractivity contribution in [3.05, 3.63) is 58.0 Å². The van der Waals surface area contributed by atoms with Gasteiger partial charge in [0.05, 0.1) is 12.6 Å². The molecule has 1 heterocycles. The molecule has 4 nitrogen and oxygen atoms in total. The summed E-state index contributed by atoms with van der Waals surface area (Å²) in [7, 11) is 0. The molecule has 0 aliphatic carbocycles. The van der Waals surface area contributed by atoms with Gasteiger partial charge in [0.15, 0.2) is 5.76 Å². The molecule has 0 aliphatic heterocycles. The number of benzene rings is 1. The van der Waals surface area contributed by atoms with Gasteiger partial charge in [-0.3, -0.25) is 4.79 Å². The largest absolute Gasteiger partial charge is 0.455 e. The average molecular weight is 323 g/mol. The van der Waals surface area contributed by atoms with Crippen molar-refractivity contribution < 1.29 is 9.21 Å². The fourth-order valence-electron chi connectivity index (χ4n) is 1.71. The second-order valence-electron chi connectivity index (χ2n) is 4.22. The normalized spacial score (nSPS) is 12.2. The minimum absolute atomic E-state index is 0.0907. The van der Waals surface area contributed by atoms with Crippen LogP contribution in [0, 0.1) is 0 Å². The highest BCUT2D eigenvalue weighted by molar-refractivity contribution is 9.10. The molecule has 2 aromatic rings. The molecular weight excluding hydrogens is 308 g/mol. The SMILES string of the molecule is C[C@H](NC(=O)c1ccc(CN)o1)c1ccc(Br)cc1. The van der Waals surface area contributed by atoms with Crippen LogP contribution in [-0.2, 0) is 6.54 Å². The molecule has 0 radical (unpaired) electrons. The number of nitrogens with one attached hydrogen (secondary N) is 1. The summed E-state index contributed by atoms with van der Waals surface area (Å²) in [5.41, 5.74) is 6.47. The number of hydrogen-bond acceptors (Lipinski definition) is 3. The highest BCUT2D eigenvalue weighted by Crippen LogP contribution is 2.17. The topological polar surface area (TPSA) is 68.3 Å². The molecule has 2 rings (SSSR count). The minimum Gasteiger partial charge on any atom is -0.455 e. The lowest BCUT2D eigenvalue weighted by Crippen LogP contribution is -2.26. The van der Waals surface area contributed by atoms with Gasteiger partial charge in [-0.05, 0) is 36.8 Å². The number of hydrogen-bond donors (Lipinski definition) is 2. The number of halogens is 1. The van der Waals surface area contributed by atoms with E-state index in [0.717, 1.165) is 10.0 Å². The third kappa shape index (κ3) is 3.45. The van der Waals surface area contributed by atoms with Crippen molar-refractivity contribution in [1.29, 1.82) is 0 Å². The van der Waals surface area contributed by atoms with Crippen LogP contribution in [0.1, 0.15) is 34.8 Å². The van der Waals surface area contributed by atoms with E-state index in [1.807, 2.05) is 31.2 Å². The standard InChI is InChI=1S/C14H15BrN2O2/c1-9(10-2-4-11(15)5-3-10)17-14(18)13-7-6-12(8-16)19-13/h2-7,9H,8,16H2,1H3,(H,17,18)/t9-/m0/s1. The first-order chi connectivity index (χ1) is 9.10. The molecule has 0 saturated carbocycles. The van der Waals surface area contributed by atoms with E-state index in [9.17, 15) is 4.79 Å². The van der Waals surface area contributed by atoms with E-state index in [0.29, 0.717) is 5.76 Å². The van der Waals surface area contributed by atoms with Crippen molar-refractivity contribution in [1.82, 2.24) is 5.32 Å². The average Bonchev–Trinajstić information content (AvgIpc) is 2.88. The van der Waals surface area contributed by atoms with Crippen molar-refractivity contribution in [2.24, 2.45) is 5.73 Å². The minimum atomic E-state index is -0.241. The van der Waals surface area contributed by atoms with E-state index < -0.39 is 0 Å². The molecular formula is C14H15BrN2O2. The van der Waals surface area contributed by atoms with Crippen molar-refractivity contribution in [2.75, 3.05) is 0 Å². The van der Waals surface area contributed by atoms with E-state index >= 15 is 0 Å². The van der Waals surface area contributed by atoms with Crippen LogP contribution in [0.5, 0.6) is 0 Å². The summed E-state index contributed by atoms with van der Waals surface area (Å²) in [6.07, 6.45) is 0. The molecule has 0 saturated heterocycles. The number of rotatable bonds is 4. The van der Waals surface area contributed by atoms with Gasteiger partial charge in [-0.15, -0.1) is 0 Å². The van der Waals surface area contributed by atoms with Gasteiger partial charge in [0.25, 0.3) is 5.91 Å². The third-order valence-corrected chi connectivity index (χ3v) is 3.33. The molecule has 1 aromatic heterocycles. The molecule has 0 spiro atoms. The van der Waals surface area contributed by atoms with Crippen LogP contribution < -0.4 is 11.1 Å². The van der Waals surface area contributed by atoms with E-state index in [4.69, 9.17) is 10.2 Å². The first-order valence-corrected chi connectivity index (χ1v) is 6.74. The smallest absolute Gasteiger partial charge is 0.287 e. The van der Waals surface area contributed by atoms with Gasteiger partial charge in [0.2, 0.25) is 0 Å². The lowest BCUT2D eigenvalue weighted by atomic mass is 10.1. The van der Waals surface area contributed by atoms with Crippen LogP contribution in [-0.4, -0.2) is 5.91 Å². The molecule has 1 amide bonds. The second kappa shape index (κ2) is 6.04. The summed E-state index contributed by atoms with van der Waals surface area (Å²) in [4.78, 5) is 12.0. The Kier molecular flexibility index (Phi) is 4.39. The number of furan rings is 1. The van der Waals surface area contributed by atoms with Gasteiger partial charge in [-0.2, -0.15) is 0 Å². The zero-order valence-electron chi connectivity index (χ0n) is 10.5. The van der Waals surface area contributed by atoms with E-state index in [1.54, 1.807) is 12.1 Å². The monoisotopic (exact) mass is 322 g/mol. The van der Waals surface area contributed by atoms with E-state index in [-0.39, 0.29) is 24.3 Å². The maximum Gasteiger partial charge on any atom is 0.287 e. The molecule has 0 bridgehead atoms. The summed E-state index contributed by atoms with van der Waals surface area (Å²) < 4.78 is 6.31. The fraction of sp³-hybridized carbons (Fsp3) is 0.214. The van der Waals surface area contributed by atoms with Crippen molar-refractivity contribution in [3.8, 4) is 0 Å². The first kappa shape index (κ1) is 13.8. The molecule has 100 valence electrons. The maximum atomic E-state index is 12.0. The summed E-state index contributed by atoms with van der Waals surface area (Å²) in [6.45, 7) is 2.21. The van der Waals surface area contributed by atoms with E-state index in [1.165, 1.54) is 0 Å². The first-order valence-electron chi connectivity index (χ1n) is 5.95. The predicted octanol–water partition coefficient (Wildman–Crippen LogP) is 2.99. The molecule has 1 atom stereocenters. The molecule has 0 fully saturated rings. The highest BCUT2D eigenvalue weighted by atomic mass is 79.9. The van der Waals surface area contributed by atoms with Crippen molar-refractivity contribution >= 4 is 21.8 Å². The van der Waals surface area contributed by atoms with Crippen LogP contribution in [0.3, 0.4) is 0 Å². The zero-order chi connectivity index (χ0) is 13.8. The van der Waals surface area contributed by atoms with Gasteiger partial charge >= 0.3 is 0 Å². The van der Waals surface area contributed by atoms with Crippen LogP contribution in [0.25, 0.3) is 0 Å². The van der Waals surface area contributed by atoms with Gasteiger partial charge in [0.1, 0.15) is 5.76 Å². The maximum absolute atomic E-state index is 12.0. The Morgan fingerprint density at radius 3 is 2.58 bits per heavy atom. The molecule has 3 N–H and O–H groups in total. The Morgan fingerprint density at radius 1 is 1.32 bits per heavy atom. The Balaban J connectivity index is 2.04. The van der Waals surface area contributed by atoms with Gasteiger partial charge in [0, 0.05) is 4.47 Å². The Labute approximate surface area is 120 Å². The van der Waals surface area contributed by atoms with Gasteiger partial charge in [-0.25, -0.2) is 0 Å². The molecule has 1 aromatic carbocycles. The van der Waals surface area contributed by atoms with E-state index in [2.05, 4.69) is 21.2 Å². The third-order valence-electron chi connectivity index (χ3n) is 2.80. The van der Waals surface area contributed by atoms with Gasteiger partial charge in [-0.1, -0.05) is 28.1 Å². The Morgan fingerprint density at radius 2 is 2.00 bits per heavy atom. The lowest BCUT2D eigenvalue weighted by Gasteiger charge is -2.13. The van der Waals surface area contributed by atoms with Crippen molar-refractivity contribution in [3.63, 3.8) is 0 Å². The van der Waals surface area contributed by atoms with Crippen LogP contribution in [0.4, 0.5) is 0 Å². The van der Waals surface area contributed by atoms with Crippen LogP contribution in [0.2, 0.25) is 0 Å². The second-order valence-corrected chi connectivity index (χ2v) is 5.13. The Bertz CT molecular complexity index is 563. The number of nitrogens with two attached hydrogens (primary N) is 1. The zero-order valence-corrected chi connectivity index (χ0v) is 12.1.